The first-order valence-corrected chi connectivity index (χ1v) is 3.65. The SMILES string of the molecule is COc1ccc2[nH]c(O)cc2c1. The van der Waals surface area contributed by atoms with Crippen molar-refractivity contribution in [1.29, 1.82) is 0 Å². The molecule has 0 aliphatic rings. The van der Waals surface area contributed by atoms with Gasteiger partial charge in [0.2, 0.25) is 0 Å². The Morgan fingerprint density at radius 2 is 2.17 bits per heavy atom. The number of aromatic nitrogens is 1. The van der Waals surface area contributed by atoms with Gasteiger partial charge in [-0.15, -0.1) is 0 Å². The lowest BCUT2D eigenvalue weighted by molar-refractivity contribution is 0.415. The molecule has 0 amide bonds. The molecule has 3 nitrogen and oxygen atoms in total. The number of ether oxygens (including phenoxy) is 1. The number of aromatic hydroxyl groups is 1. The highest BCUT2D eigenvalue weighted by molar-refractivity contribution is 5.82. The van der Waals surface area contributed by atoms with Gasteiger partial charge in [0.05, 0.1) is 7.11 Å². The molecule has 3 heteroatoms. The van der Waals surface area contributed by atoms with Gasteiger partial charge in [0.15, 0.2) is 5.88 Å². The van der Waals surface area contributed by atoms with Crippen LogP contribution < -0.4 is 4.74 Å². The summed E-state index contributed by atoms with van der Waals surface area (Å²) in [6, 6.07) is 7.25. The highest BCUT2D eigenvalue weighted by Crippen LogP contribution is 2.23. The number of aromatic amines is 1. The molecule has 1 aromatic heterocycles. The van der Waals surface area contributed by atoms with Crippen LogP contribution in [0.2, 0.25) is 0 Å². The van der Waals surface area contributed by atoms with Crippen LogP contribution in [0.25, 0.3) is 10.9 Å². The van der Waals surface area contributed by atoms with Gasteiger partial charge in [0.25, 0.3) is 0 Å². The van der Waals surface area contributed by atoms with Crippen molar-refractivity contribution in [2.24, 2.45) is 0 Å². The first-order valence-electron chi connectivity index (χ1n) is 3.65. The Hall–Kier alpha value is -1.64. The van der Waals surface area contributed by atoms with Crippen LogP contribution in [0.15, 0.2) is 24.3 Å². The van der Waals surface area contributed by atoms with Crippen LogP contribution in [-0.4, -0.2) is 17.2 Å². The quantitative estimate of drug-likeness (QED) is 0.674. The molecule has 0 spiro atoms. The van der Waals surface area contributed by atoms with Gasteiger partial charge < -0.3 is 14.8 Å². The molecule has 1 heterocycles. The van der Waals surface area contributed by atoms with Gasteiger partial charge in [-0.25, -0.2) is 0 Å². The summed E-state index contributed by atoms with van der Waals surface area (Å²) in [6.07, 6.45) is 0. The van der Waals surface area contributed by atoms with Crippen LogP contribution >= 0.6 is 0 Å². The Bertz CT molecular complexity index is 406. The monoisotopic (exact) mass is 163 g/mol. The number of hydrogen-bond acceptors (Lipinski definition) is 2. The van der Waals surface area contributed by atoms with Gasteiger partial charge in [0.1, 0.15) is 5.75 Å². The lowest BCUT2D eigenvalue weighted by atomic mass is 10.2. The van der Waals surface area contributed by atoms with E-state index >= 15 is 0 Å². The molecule has 0 saturated carbocycles. The summed E-state index contributed by atoms with van der Waals surface area (Å²) in [5, 5.41) is 10.1. The van der Waals surface area contributed by atoms with E-state index < -0.39 is 0 Å². The summed E-state index contributed by atoms with van der Waals surface area (Å²) in [6.45, 7) is 0. The molecule has 12 heavy (non-hydrogen) atoms. The number of hydrogen-bond donors (Lipinski definition) is 2. The zero-order chi connectivity index (χ0) is 8.55. The maximum atomic E-state index is 9.12. The molecule has 0 radical (unpaired) electrons. The first kappa shape index (κ1) is 7.03. The van der Waals surface area contributed by atoms with E-state index in [4.69, 9.17) is 9.84 Å². The van der Waals surface area contributed by atoms with Gasteiger partial charge in [-0.2, -0.15) is 0 Å². The Balaban J connectivity index is 2.66. The number of benzene rings is 1. The van der Waals surface area contributed by atoms with Gasteiger partial charge in [-0.05, 0) is 18.2 Å². The number of nitrogens with one attached hydrogen (secondary N) is 1. The zero-order valence-electron chi connectivity index (χ0n) is 6.66. The summed E-state index contributed by atoms with van der Waals surface area (Å²) in [7, 11) is 1.62. The Morgan fingerprint density at radius 3 is 2.92 bits per heavy atom. The molecule has 2 N–H and O–H groups in total. The topological polar surface area (TPSA) is 45.2 Å². The summed E-state index contributed by atoms with van der Waals surface area (Å²) in [5.41, 5.74) is 0.910. The number of rotatable bonds is 1. The maximum absolute atomic E-state index is 9.12. The highest BCUT2D eigenvalue weighted by atomic mass is 16.5. The smallest absolute Gasteiger partial charge is 0.189 e. The van der Waals surface area contributed by atoms with E-state index in [1.165, 1.54) is 0 Å². The molecule has 0 aliphatic heterocycles. The normalized spacial score (nSPS) is 10.4. The standard InChI is InChI=1S/C9H9NO2/c1-12-7-2-3-8-6(4-7)5-9(11)10-8/h2-5,10-11H,1H3. The molecule has 1 aromatic carbocycles. The van der Waals surface area contributed by atoms with E-state index in [9.17, 15) is 0 Å². The predicted octanol–water partition coefficient (Wildman–Crippen LogP) is 1.88. The fourth-order valence-electron chi connectivity index (χ4n) is 1.22. The number of fused-ring (bicyclic) bond motifs is 1. The summed E-state index contributed by atoms with van der Waals surface area (Å²) in [5.74, 6) is 0.972. The van der Waals surface area contributed by atoms with Crippen molar-refractivity contribution in [2.45, 2.75) is 0 Å². The van der Waals surface area contributed by atoms with Crippen molar-refractivity contribution in [1.82, 2.24) is 4.98 Å². The van der Waals surface area contributed by atoms with E-state index in [2.05, 4.69) is 4.98 Å². The molecular formula is C9H9NO2. The molecule has 62 valence electrons. The molecular weight excluding hydrogens is 154 g/mol. The van der Waals surface area contributed by atoms with Crippen molar-refractivity contribution in [3.8, 4) is 11.6 Å². The van der Waals surface area contributed by atoms with Crippen LogP contribution in [-0.2, 0) is 0 Å². The summed E-state index contributed by atoms with van der Waals surface area (Å²) < 4.78 is 5.04. The van der Waals surface area contributed by atoms with E-state index in [1.807, 2.05) is 18.2 Å². The Kier molecular flexibility index (Phi) is 1.43. The third kappa shape index (κ3) is 0.993. The fourth-order valence-corrected chi connectivity index (χ4v) is 1.22. The van der Waals surface area contributed by atoms with Crippen LogP contribution in [0.1, 0.15) is 0 Å². The first-order chi connectivity index (χ1) is 5.79. The second-order valence-electron chi connectivity index (χ2n) is 2.61. The second-order valence-corrected chi connectivity index (χ2v) is 2.61. The summed E-state index contributed by atoms with van der Waals surface area (Å²) in [4.78, 5) is 2.81. The minimum absolute atomic E-state index is 0.179. The molecule has 2 rings (SSSR count). The van der Waals surface area contributed by atoms with Crippen molar-refractivity contribution in [3.05, 3.63) is 24.3 Å². The summed E-state index contributed by atoms with van der Waals surface area (Å²) >= 11 is 0. The van der Waals surface area contributed by atoms with Gasteiger partial charge in [-0.1, -0.05) is 0 Å². The lowest BCUT2D eigenvalue weighted by Gasteiger charge is -1.97. The van der Waals surface area contributed by atoms with E-state index in [1.54, 1.807) is 13.2 Å². The molecule has 0 atom stereocenters. The maximum Gasteiger partial charge on any atom is 0.189 e. The second kappa shape index (κ2) is 2.44. The molecule has 2 aromatic rings. The minimum atomic E-state index is 0.179. The van der Waals surface area contributed by atoms with Crippen LogP contribution in [0, 0.1) is 0 Å². The minimum Gasteiger partial charge on any atom is -0.497 e. The third-order valence-electron chi connectivity index (χ3n) is 1.81. The van der Waals surface area contributed by atoms with Crippen LogP contribution in [0.5, 0.6) is 11.6 Å². The fraction of sp³-hybridized carbons (Fsp3) is 0.111. The van der Waals surface area contributed by atoms with Crippen molar-refractivity contribution in [2.75, 3.05) is 7.11 Å². The van der Waals surface area contributed by atoms with Crippen LogP contribution in [0.4, 0.5) is 0 Å². The van der Waals surface area contributed by atoms with Crippen molar-refractivity contribution >= 4 is 10.9 Å². The zero-order valence-corrected chi connectivity index (χ0v) is 6.66. The predicted molar refractivity (Wildman–Crippen MR) is 46.5 cm³/mol. The number of methoxy groups -OCH3 is 1. The average Bonchev–Trinajstić information content (AvgIpc) is 2.43. The average molecular weight is 163 g/mol. The third-order valence-corrected chi connectivity index (χ3v) is 1.81. The van der Waals surface area contributed by atoms with Gasteiger partial charge in [0, 0.05) is 17.0 Å². The van der Waals surface area contributed by atoms with E-state index in [-0.39, 0.29) is 5.88 Å². The van der Waals surface area contributed by atoms with Gasteiger partial charge >= 0.3 is 0 Å². The molecule has 0 bridgehead atoms. The van der Waals surface area contributed by atoms with Gasteiger partial charge in [-0.3, -0.25) is 0 Å². The van der Waals surface area contributed by atoms with Crippen LogP contribution in [0.3, 0.4) is 0 Å². The molecule has 0 unspecified atom stereocenters. The van der Waals surface area contributed by atoms with Crippen molar-refractivity contribution < 1.29 is 9.84 Å². The number of H-pyrrole nitrogens is 1. The highest BCUT2D eigenvalue weighted by Gasteiger charge is 1.99. The van der Waals surface area contributed by atoms with E-state index in [0.29, 0.717) is 0 Å². The Labute approximate surface area is 69.6 Å². The molecule has 0 saturated heterocycles. The largest absolute Gasteiger partial charge is 0.497 e. The van der Waals surface area contributed by atoms with Crippen molar-refractivity contribution in [3.63, 3.8) is 0 Å². The lowest BCUT2D eigenvalue weighted by Crippen LogP contribution is -1.80. The molecule has 0 fully saturated rings. The van der Waals surface area contributed by atoms with E-state index in [0.717, 1.165) is 16.7 Å². The Morgan fingerprint density at radius 1 is 1.33 bits per heavy atom. The molecule has 0 aliphatic carbocycles.